The number of fused-ring (bicyclic) bond motifs is 1. The molecule has 6 heteroatoms. The van der Waals surface area contributed by atoms with Crippen LogP contribution in [0.4, 0.5) is 4.39 Å². The number of piperidine rings is 1. The van der Waals surface area contributed by atoms with E-state index in [1.54, 1.807) is 0 Å². The highest BCUT2D eigenvalue weighted by molar-refractivity contribution is 5.72. The van der Waals surface area contributed by atoms with Gasteiger partial charge >= 0.3 is 5.97 Å². The molecule has 3 unspecified atom stereocenters. The van der Waals surface area contributed by atoms with Crippen LogP contribution >= 0.6 is 0 Å². The Kier molecular flexibility index (Phi) is 4.31. The Morgan fingerprint density at radius 3 is 3.09 bits per heavy atom. The summed E-state index contributed by atoms with van der Waals surface area (Å²) in [6, 6.07) is 3.90. The second-order valence-electron chi connectivity index (χ2n) is 5.86. The van der Waals surface area contributed by atoms with Gasteiger partial charge in [0.05, 0.1) is 19.1 Å². The van der Waals surface area contributed by atoms with Crippen LogP contribution in [-0.4, -0.2) is 48.8 Å². The summed E-state index contributed by atoms with van der Waals surface area (Å²) < 4.78 is 23.9. The lowest BCUT2D eigenvalue weighted by Gasteiger charge is -2.41. The standard InChI is InChI=1S/C16H20FNO4/c1-21-16(20)10-3-2-6-18(8-10)13-9-22-14-5-4-11(17)7-12(14)15(13)19/h4-5,7,10,13,15,19H,2-3,6,8-9H2,1H3. The third kappa shape index (κ3) is 2.80. The minimum absolute atomic E-state index is 0.181. The zero-order valence-corrected chi connectivity index (χ0v) is 12.5. The fourth-order valence-electron chi connectivity index (χ4n) is 3.33. The molecule has 3 atom stereocenters. The van der Waals surface area contributed by atoms with Gasteiger partial charge in [-0.15, -0.1) is 0 Å². The van der Waals surface area contributed by atoms with E-state index in [1.165, 1.54) is 25.3 Å². The van der Waals surface area contributed by atoms with Crippen LogP contribution < -0.4 is 4.74 Å². The molecule has 0 amide bonds. The number of esters is 1. The number of ether oxygens (including phenoxy) is 2. The van der Waals surface area contributed by atoms with Crippen molar-refractivity contribution in [1.82, 2.24) is 4.90 Å². The summed E-state index contributed by atoms with van der Waals surface area (Å²) in [5.41, 5.74) is 0.469. The van der Waals surface area contributed by atoms with Crippen LogP contribution in [0.5, 0.6) is 5.75 Å². The number of likely N-dealkylation sites (tertiary alicyclic amines) is 1. The first-order valence-electron chi connectivity index (χ1n) is 7.52. The third-order valence-electron chi connectivity index (χ3n) is 4.52. The number of benzene rings is 1. The number of hydrogen-bond acceptors (Lipinski definition) is 5. The molecule has 1 saturated heterocycles. The zero-order valence-electron chi connectivity index (χ0n) is 12.5. The van der Waals surface area contributed by atoms with Gasteiger partial charge in [-0.05, 0) is 37.6 Å². The van der Waals surface area contributed by atoms with Gasteiger partial charge in [-0.25, -0.2) is 4.39 Å². The fraction of sp³-hybridized carbons (Fsp3) is 0.562. The van der Waals surface area contributed by atoms with Crippen molar-refractivity contribution in [3.8, 4) is 5.75 Å². The number of methoxy groups -OCH3 is 1. The first kappa shape index (κ1) is 15.2. The molecule has 1 fully saturated rings. The fourth-order valence-corrected chi connectivity index (χ4v) is 3.33. The molecule has 0 bridgehead atoms. The van der Waals surface area contributed by atoms with Crippen LogP contribution in [0.15, 0.2) is 18.2 Å². The summed E-state index contributed by atoms with van der Waals surface area (Å²) in [6.07, 6.45) is 0.827. The van der Waals surface area contributed by atoms with Gasteiger partial charge in [0.1, 0.15) is 24.3 Å². The van der Waals surface area contributed by atoms with E-state index >= 15 is 0 Å². The summed E-state index contributed by atoms with van der Waals surface area (Å²) in [4.78, 5) is 13.8. The molecule has 3 rings (SSSR count). The quantitative estimate of drug-likeness (QED) is 0.839. The molecule has 2 aliphatic heterocycles. The van der Waals surface area contributed by atoms with Crippen molar-refractivity contribution in [1.29, 1.82) is 0 Å². The lowest BCUT2D eigenvalue weighted by Crippen LogP contribution is -2.51. The summed E-state index contributed by atoms with van der Waals surface area (Å²) in [5, 5.41) is 10.6. The van der Waals surface area contributed by atoms with Gasteiger partial charge in [-0.1, -0.05) is 0 Å². The summed E-state index contributed by atoms with van der Waals surface area (Å²) in [7, 11) is 1.39. The number of aliphatic hydroxyl groups is 1. The largest absolute Gasteiger partial charge is 0.491 e. The number of hydrogen-bond donors (Lipinski definition) is 1. The van der Waals surface area contributed by atoms with Crippen molar-refractivity contribution in [2.24, 2.45) is 5.92 Å². The van der Waals surface area contributed by atoms with E-state index in [4.69, 9.17) is 9.47 Å². The molecule has 0 aliphatic carbocycles. The van der Waals surface area contributed by atoms with Crippen LogP contribution in [0, 0.1) is 11.7 Å². The van der Waals surface area contributed by atoms with Gasteiger partial charge in [0, 0.05) is 12.1 Å². The van der Waals surface area contributed by atoms with Crippen LogP contribution in [0.3, 0.4) is 0 Å². The highest BCUT2D eigenvalue weighted by Crippen LogP contribution is 2.36. The van der Waals surface area contributed by atoms with Crippen molar-refractivity contribution in [3.63, 3.8) is 0 Å². The molecule has 1 aromatic carbocycles. The maximum absolute atomic E-state index is 13.4. The Bertz CT molecular complexity index is 565. The summed E-state index contributed by atoms with van der Waals surface area (Å²) in [5.74, 6) is -0.276. The number of rotatable bonds is 2. The van der Waals surface area contributed by atoms with Crippen molar-refractivity contribution < 1.29 is 23.8 Å². The van der Waals surface area contributed by atoms with Crippen molar-refractivity contribution in [2.45, 2.75) is 25.0 Å². The topological polar surface area (TPSA) is 59.0 Å². The normalized spacial score (nSPS) is 28.6. The van der Waals surface area contributed by atoms with Crippen LogP contribution in [0.1, 0.15) is 24.5 Å². The summed E-state index contributed by atoms with van der Waals surface area (Å²) >= 11 is 0. The molecule has 2 heterocycles. The third-order valence-corrected chi connectivity index (χ3v) is 4.52. The first-order chi connectivity index (χ1) is 10.6. The van der Waals surface area contributed by atoms with E-state index in [2.05, 4.69) is 0 Å². The van der Waals surface area contributed by atoms with Crippen molar-refractivity contribution in [3.05, 3.63) is 29.6 Å². The van der Waals surface area contributed by atoms with E-state index in [1.807, 2.05) is 4.90 Å². The molecule has 1 N–H and O–H groups in total. The summed E-state index contributed by atoms with van der Waals surface area (Å²) in [6.45, 7) is 1.64. The maximum Gasteiger partial charge on any atom is 0.309 e. The van der Waals surface area contributed by atoms with Crippen molar-refractivity contribution in [2.75, 3.05) is 26.8 Å². The number of aliphatic hydroxyl groups excluding tert-OH is 1. The lowest BCUT2D eigenvalue weighted by molar-refractivity contribution is -0.148. The zero-order chi connectivity index (χ0) is 15.7. The Hall–Kier alpha value is -1.66. The SMILES string of the molecule is COC(=O)C1CCCN(C2COc3ccc(F)cc3C2O)C1. The van der Waals surface area contributed by atoms with Crippen molar-refractivity contribution >= 4 is 5.97 Å². The lowest BCUT2D eigenvalue weighted by atomic mass is 9.92. The number of halogens is 1. The van der Waals surface area contributed by atoms with E-state index in [9.17, 15) is 14.3 Å². The minimum Gasteiger partial charge on any atom is -0.491 e. The van der Waals surface area contributed by atoms with E-state index in [-0.39, 0.29) is 17.9 Å². The molecule has 0 saturated carbocycles. The predicted molar refractivity (Wildman–Crippen MR) is 77.0 cm³/mol. The van der Waals surface area contributed by atoms with E-state index in [0.717, 1.165) is 19.4 Å². The van der Waals surface area contributed by atoms with E-state index < -0.39 is 11.9 Å². The molecule has 0 spiro atoms. The number of carbonyl (C=O) groups excluding carboxylic acids is 1. The molecular weight excluding hydrogens is 289 g/mol. The van der Waals surface area contributed by atoms with Crippen LogP contribution in [0.2, 0.25) is 0 Å². The minimum atomic E-state index is -0.823. The highest BCUT2D eigenvalue weighted by atomic mass is 19.1. The van der Waals surface area contributed by atoms with E-state index in [0.29, 0.717) is 24.5 Å². The number of nitrogens with zero attached hydrogens (tertiary/aromatic N) is 1. The predicted octanol–water partition coefficient (Wildman–Crippen LogP) is 1.51. The molecule has 120 valence electrons. The van der Waals surface area contributed by atoms with Gasteiger partial charge in [0.2, 0.25) is 0 Å². The molecule has 0 radical (unpaired) electrons. The van der Waals surface area contributed by atoms with Crippen LogP contribution in [0.25, 0.3) is 0 Å². The molecule has 1 aromatic rings. The molecule has 2 aliphatic rings. The first-order valence-corrected chi connectivity index (χ1v) is 7.52. The molecule has 5 nitrogen and oxygen atoms in total. The molecular formula is C16H20FNO4. The number of carbonyl (C=O) groups is 1. The monoisotopic (exact) mass is 309 g/mol. The van der Waals surface area contributed by atoms with Gasteiger partial charge in [-0.2, -0.15) is 0 Å². The van der Waals surface area contributed by atoms with Gasteiger partial charge in [0.25, 0.3) is 0 Å². The Morgan fingerprint density at radius 1 is 1.50 bits per heavy atom. The smallest absolute Gasteiger partial charge is 0.309 e. The Balaban J connectivity index is 1.77. The maximum atomic E-state index is 13.4. The Labute approximate surface area is 128 Å². The molecule has 22 heavy (non-hydrogen) atoms. The average molecular weight is 309 g/mol. The van der Waals surface area contributed by atoms with Gasteiger partial charge in [-0.3, -0.25) is 9.69 Å². The highest BCUT2D eigenvalue weighted by Gasteiger charge is 2.37. The Morgan fingerprint density at radius 2 is 2.32 bits per heavy atom. The van der Waals surface area contributed by atoms with Gasteiger partial charge in [0.15, 0.2) is 0 Å². The van der Waals surface area contributed by atoms with Gasteiger partial charge < -0.3 is 14.6 Å². The van der Waals surface area contributed by atoms with Crippen LogP contribution in [-0.2, 0) is 9.53 Å². The second kappa shape index (κ2) is 6.22. The molecule has 0 aromatic heterocycles. The second-order valence-corrected chi connectivity index (χ2v) is 5.86. The average Bonchev–Trinajstić information content (AvgIpc) is 2.55.